The van der Waals surface area contributed by atoms with Gasteiger partial charge in [-0.3, -0.25) is 0 Å². The fourth-order valence-corrected chi connectivity index (χ4v) is 1.42. The second-order valence-electron chi connectivity index (χ2n) is 4.22. The monoisotopic (exact) mass is 194 g/mol. The fraction of sp³-hybridized carbons (Fsp3) is 0.714. The third kappa shape index (κ3) is 8.10. The maximum absolute atomic E-state index is 3.93. The molecule has 0 atom stereocenters. The van der Waals surface area contributed by atoms with E-state index in [4.69, 9.17) is 0 Å². The molecule has 82 valence electrons. The highest BCUT2D eigenvalue weighted by atomic mass is 14.0. The van der Waals surface area contributed by atoms with Crippen LogP contribution in [0, 0.1) is 0 Å². The summed E-state index contributed by atoms with van der Waals surface area (Å²) in [4.78, 5) is 0. The smallest absolute Gasteiger partial charge is 0.0345 e. The van der Waals surface area contributed by atoms with E-state index in [9.17, 15) is 0 Å². The van der Waals surface area contributed by atoms with Crippen LogP contribution in [-0.2, 0) is 0 Å². The minimum Gasteiger partial charge on any atom is -0.0959 e. The summed E-state index contributed by atoms with van der Waals surface area (Å²) in [5, 5.41) is 0. The van der Waals surface area contributed by atoms with E-state index in [2.05, 4.69) is 33.4 Å². The maximum atomic E-state index is 3.93. The summed E-state index contributed by atoms with van der Waals surface area (Å²) < 4.78 is 0. The number of unbranched alkanes of at least 4 members (excludes halogenated alkanes) is 6. The number of allylic oxidation sites excluding steroid dienone is 3. The number of hydrogen-bond acceptors (Lipinski definition) is 0. The predicted molar refractivity (Wildman–Crippen MR) is 66.6 cm³/mol. The Hall–Kier alpha value is -0.520. The molecule has 0 fully saturated rings. The molecule has 0 aromatic carbocycles. The second kappa shape index (κ2) is 9.05. The molecule has 0 spiro atoms. The highest BCUT2D eigenvalue weighted by Gasteiger charge is 1.90. The lowest BCUT2D eigenvalue weighted by molar-refractivity contribution is 0.611. The molecule has 0 heterocycles. The molecule has 0 saturated carbocycles. The van der Waals surface area contributed by atoms with Crippen LogP contribution in [0.2, 0.25) is 0 Å². The van der Waals surface area contributed by atoms with E-state index in [1.54, 1.807) is 0 Å². The lowest BCUT2D eigenvalue weighted by atomic mass is 10.1. The van der Waals surface area contributed by atoms with Gasteiger partial charge in [-0.05, 0) is 26.7 Å². The first-order chi connectivity index (χ1) is 6.68. The molecule has 0 rings (SSSR count). The average Bonchev–Trinajstić information content (AvgIpc) is 2.16. The third-order valence-corrected chi connectivity index (χ3v) is 2.68. The zero-order valence-corrected chi connectivity index (χ0v) is 10.2. The van der Waals surface area contributed by atoms with Gasteiger partial charge in [0.1, 0.15) is 0 Å². The Kier molecular flexibility index (Phi) is 8.72. The van der Waals surface area contributed by atoms with Crippen LogP contribution in [0.15, 0.2) is 23.8 Å². The van der Waals surface area contributed by atoms with Crippen molar-refractivity contribution >= 4 is 0 Å². The van der Waals surface area contributed by atoms with Crippen molar-refractivity contribution in [3.8, 4) is 0 Å². The van der Waals surface area contributed by atoms with E-state index in [1.807, 2.05) is 0 Å². The van der Waals surface area contributed by atoms with Crippen LogP contribution in [0.3, 0.4) is 0 Å². The second-order valence-corrected chi connectivity index (χ2v) is 4.22. The van der Waals surface area contributed by atoms with E-state index in [0.717, 1.165) is 0 Å². The Morgan fingerprint density at radius 2 is 1.57 bits per heavy atom. The van der Waals surface area contributed by atoms with Crippen molar-refractivity contribution in [2.24, 2.45) is 0 Å². The predicted octanol–water partition coefficient (Wildman–Crippen LogP) is 5.26. The standard InChI is InChI=1S/C14H26/c1-5-6-7-8-9-10-11-12-14(4)13(2)3/h12H,2,5-11H2,1,3-4H3. The molecule has 0 heteroatoms. The van der Waals surface area contributed by atoms with Crippen molar-refractivity contribution < 1.29 is 0 Å². The van der Waals surface area contributed by atoms with Crippen LogP contribution >= 0.6 is 0 Å². The summed E-state index contributed by atoms with van der Waals surface area (Å²) in [7, 11) is 0. The molecule has 0 radical (unpaired) electrons. The summed E-state index contributed by atoms with van der Waals surface area (Å²) in [5.41, 5.74) is 2.56. The van der Waals surface area contributed by atoms with Gasteiger partial charge in [-0.1, -0.05) is 62.8 Å². The van der Waals surface area contributed by atoms with Gasteiger partial charge < -0.3 is 0 Å². The SMILES string of the molecule is C=C(C)C(C)=CCCCCCCCC. The lowest BCUT2D eigenvalue weighted by Crippen LogP contribution is -1.80. The van der Waals surface area contributed by atoms with Gasteiger partial charge in [-0.15, -0.1) is 0 Å². The highest BCUT2D eigenvalue weighted by Crippen LogP contribution is 2.11. The van der Waals surface area contributed by atoms with E-state index in [1.165, 1.54) is 56.1 Å². The van der Waals surface area contributed by atoms with Gasteiger partial charge in [0, 0.05) is 0 Å². The van der Waals surface area contributed by atoms with Crippen molar-refractivity contribution in [1.29, 1.82) is 0 Å². The largest absolute Gasteiger partial charge is 0.0959 e. The van der Waals surface area contributed by atoms with Gasteiger partial charge in [0.15, 0.2) is 0 Å². The van der Waals surface area contributed by atoms with Crippen LogP contribution < -0.4 is 0 Å². The molecule has 0 amide bonds. The van der Waals surface area contributed by atoms with Crippen molar-refractivity contribution in [2.75, 3.05) is 0 Å². The first kappa shape index (κ1) is 13.5. The molecule has 0 aliphatic heterocycles. The molecular formula is C14H26. The van der Waals surface area contributed by atoms with E-state index in [0.29, 0.717) is 0 Å². The number of rotatable bonds is 8. The van der Waals surface area contributed by atoms with Gasteiger partial charge in [0.25, 0.3) is 0 Å². The van der Waals surface area contributed by atoms with Gasteiger partial charge in [-0.2, -0.15) is 0 Å². The molecule has 0 aliphatic carbocycles. The Morgan fingerprint density at radius 1 is 1.00 bits per heavy atom. The molecule has 0 saturated heterocycles. The summed E-state index contributed by atoms with van der Waals surface area (Å²) in [6.07, 6.45) is 11.9. The van der Waals surface area contributed by atoms with E-state index < -0.39 is 0 Å². The minimum atomic E-state index is 1.20. The Labute approximate surface area is 90.1 Å². The summed E-state index contributed by atoms with van der Waals surface area (Å²) >= 11 is 0. The first-order valence-corrected chi connectivity index (χ1v) is 6.01. The Morgan fingerprint density at radius 3 is 2.14 bits per heavy atom. The summed E-state index contributed by atoms with van der Waals surface area (Å²) in [5.74, 6) is 0. The molecule has 14 heavy (non-hydrogen) atoms. The normalized spacial score (nSPS) is 11.8. The Balaban J connectivity index is 3.29. The van der Waals surface area contributed by atoms with Crippen LogP contribution in [0.4, 0.5) is 0 Å². The van der Waals surface area contributed by atoms with Gasteiger partial charge in [-0.25, -0.2) is 0 Å². The van der Waals surface area contributed by atoms with Gasteiger partial charge in [0.2, 0.25) is 0 Å². The average molecular weight is 194 g/mol. The van der Waals surface area contributed by atoms with E-state index in [-0.39, 0.29) is 0 Å². The minimum absolute atomic E-state index is 1.20. The first-order valence-electron chi connectivity index (χ1n) is 6.01. The van der Waals surface area contributed by atoms with Crippen LogP contribution in [0.25, 0.3) is 0 Å². The lowest BCUT2D eigenvalue weighted by Gasteiger charge is -2.00. The van der Waals surface area contributed by atoms with Crippen LogP contribution in [0.5, 0.6) is 0 Å². The molecule has 0 unspecified atom stereocenters. The molecular weight excluding hydrogens is 168 g/mol. The van der Waals surface area contributed by atoms with E-state index >= 15 is 0 Å². The Bertz CT molecular complexity index is 174. The van der Waals surface area contributed by atoms with Crippen molar-refractivity contribution in [3.63, 3.8) is 0 Å². The van der Waals surface area contributed by atoms with Gasteiger partial charge in [0.05, 0.1) is 0 Å². The molecule has 0 aromatic rings. The summed E-state index contributed by atoms with van der Waals surface area (Å²) in [6, 6.07) is 0. The number of hydrogen-bond donors (Lipinski definition) is 0. The molecule has 0 aliphatic rings. The van der Waals surface area contributed by atoms with Crippen molar-refractivity contribution in [3.05, 3.63) is 23.8 Å². The van der Waals surface area contributed by atoms with Crippen LogP contribution in [0.1, 0.15) is 65.7 Å². The van der Waals surface area contributed by atoms with Crippen molar-refractivity contribution in [2.45, 2.75) is 65.7 Å². The molecule has 0 nitrogen and oxygen atoms in total. The fourth-order valence-electron chi connectivity index (χ4n) is 1.42. The topological polar surface area (TPSA) is 0 Å². The molecule has 0 N–H and O–H groups in total. The van der Waals surface area contributed by atoms with Crippen LogP contribution in [-0.4, -0.2) is 0 Å². The van der Waals surface area contributed by atoms with Crippen molar-refractivity contribution in [1.82, 2.24) is 0 Å². The molecule has 0 aromatic heterocycles. The zero-order valence-electron chi connectivity index (χ0n) is 10.2. The quantitative estimate of drug-likeness (QED) is 0.365. The third-order valence-electron chi connectivity index (χ3n) is 2.68. The highest BCUT2D eigenvalue weighted by molar-refractivity contribution is 5.23. The van der Waals surface area contributed by atoms with Gasteiger partial charge >= 0.3 is 0 Å². The summed E-state index contributed by atoms with van der Waals surface area (Å²) in [6.45, 7) is 10.4. The maximum Gasteiger partial charge on any atom is -0.0345 e. The molecule has 0 bridgehead atoms. The zero-order chi connectivity index (χ0) is 10.8.